The van der Waals surface area contributed by atoms with Crippen molar-refractivity contribution in [3.8, 4) is 0 Å². The fourth-order valence-corrected chi connectivity index (χ4v) is 1.41. The number of nitrogens with zero attached hydrogens (tertiary/aromatic N) is 2. The normalized spacial score (nSPS) is 12.9. The van der Waals surface area contributed by atoms with Crippen LogP contribution >= 0.6 is 0 Å². The van der Waals surface area contributed by atoms with Crippen LogP contribution in [0.5, 0.6) is 0 Å². The highest BCUT2D eigenvalue weighted by atomic mass is 16.4. The molecule has 0 aliphatic rings. The maximum absolute atomic E-state index is 11.6. The number of carbonyl (C=O) groups is 2. The summed E-state index contributed by atoms with van der Waals surface area (Å²) in [5, 5.41) is 15.3. The van der Waals surface area contributed by atoms with Crippen molar-refractivity contribution in [2.24, 2.45) is 13.0 Å². The molecule has 1 aromatic heterocycles. The Labute approximate surface area is 105 Å². The van der Waals surface area contributed by atoms with E-state index in [0.717, 1.165) is 5.56 Å². The zero-order chi connectivity index (χ0) is 13.7. The number of aromatic nitrogens is 2. The number of amides is 1. The van der Waals surface area contributed by atoms with E-state index in [-0.39, 0.29) is 5.92 Å². The SMILES string of the molecule is CC(C)[C@@H](NC(=O)/C=C/c1cnn(C)c1)C(=O)O. The monoisotopic (exact) mass is 251 g/mol. The van der Waals surface area contributed by atoms with Gasteiger partial charge in [0.1, 0.15) is 6.04 Å². The number of rotatable bonds is 5. The fraction of sp³-hybridized carbons (Fsp3) is 0.417. The Balaban J connectivity index is 2.60. The molecule has 18 heavy (non-hydrogen) atoms. The molecule has 1 aromatic rings. The van der Waals surface area contributed by atoms with Gasteiger partial charge in [-0.1, -0.05) is 13.8 Å². The van der Waals surface area contributed by atoms with Gasteiger partial charge in [0, 0.05) is 24.9 Å². The lowest BCUT2D eigenvalue weighted by atomic mass is 10.0. The zero-order valence-corrected chi connectivity index (χ0v) is 10.6. The second-order valence-electron chi connectivity index (χ2n) is 4.35. The first-order chi connectivity index (χ1) is 8.40. The Bertz CT molecular complexity index is 463. The molecular weight excluding hydrogens is 234 g/mol. The number of hydrogen-bond donors (Lipinski definition) is 2. The first kappa shape index (κ1) is 14.0. The number of hydrogen-bond acceptors (Lipinski definition) is 3. The number of aryl methyl sites for hydroxylation is 1. The second kappa shape index (κ2) is 6.00. The topological polar surface area (TPSA) is 84.2 Å². The van der Waals surface area contributed by atoms with Crippen LogP contribution in [0.4, 0.5) is 0 Å². The number of carboxylic acid groups (broad SMARTS) is 1. The molecule has 0 saturated heterocycles. The van der Waals surface area contributed by atoms with Gasteiger partial charge in [-0.2, -0.15) is 5.10 Å². The molecule has 1 rings (SSSR count). The molecular formula is C12H17N3O3. The smallest absolute Gasteiger partial charge is 0.326 e. The third-order valence-corrected chi connectivity index (χ3v) is 2.38. The zero-order valence-electron chi connectivity index (χ0n) is 10.6. The van der Waals surface area contributed by atoms with Crippen LogP contribution in [-0.2, 0) is 16.6 Å². The van der Waals surface area contributed by atoms with Crippen molar-refractivity contribution in [1.82, 2.24) is 15.1 Å². The third-order valence-electron chi connectivity index (χ3n) is 2.38. The fourth-order valence-electron chi connectivity index (χ4n) is 1.41. The third kappa shape index (κ3) is 4.04. The summed E-state index contributed by atoms with van der Waals surface area (Å²) < 4.78 is 1.62. The molecule has 2 N–H and O–H groups in total. The molecule has 0 saturated carbocycles. The standard InChI is InChI=1S/C12H17N3O3/c1-8(2)11(12(17)18)14-10(16)5-4-9-6-13-15(3)7-9/h4-8,11H,1-3H3,(H,14,16)(H,17,18)/b5-4+/t11-/m1/s1. The van der Waals surface area contributed by atoms with Crippen molar-refractivity contribution in [2.75, 3.05) is 0 Å². The molecule has 6 heteroatoms. The molecule has 0 radical (unpaired) electrons. The van der Waals surface area contributed by atoms with Crippen LogP contribution in [-0.4, -0.2) is 32.8 Å². The molecule has 6 nitrogen and oxygen atoms in total. The Hall–Kier alpha value is -2.11. The van der Waals surface area contributed by atoms with Gasteiger partial charge in [0.2, 0.25) is 5.91 Å². The van der Waals surface area contributed by atoms with Crippen LogP contribution in [0.25, 0.3) is 6.08 Å². The summed E-state index contributed by atoms with van der Waals surface area (Å²) in [6, 6.07) is -0.879. The Kier molecular flexibility index (Phi) is 4.65. The maximum Gasteiger partial charge on any atom is 0.326 e. The van der Waals surface area contributed by atoms with Gasteiger partial charge in [-0.05, 0) is 12.0 Å². The molecule has 1 amide bonds. The Morgan fingerprint density at radius 3 is 2.61 bits per heavy atom. The molecule has 0 aromatic carbocycles. The van der Waals surface area contributed by atoms with E-state index in [0.29, 0.717) is 0 Å². The summed E-state index contributed by atoms with van der Waals surface area (Å²) in [6.07, 6.45) is 6.25. The molecule has 0 aliphatic carbocycles. The van der Waals surface area contributed by atoms with Crippen molar-refractivity contribution in [3.05, 3.63) is 24.0 Å². The van der Waals surface area contributed by atoms with Crippen LogP contribution in [0.2, 0.25) is 0 Å². The van der Waals surface area contributed by atoms with Gasteiger partial charge in [0.05, 0.1) is 6.20 Å². The Morgan fingerprint density at radius 2 is 2.17 bits per heavy atom. The molecule has 1 atom stereocenters. The number of carboxylic acids is 1. The van der Waals surface area contributed by atoms with Crippen LogP contribution in [0.15, 0.2) is 18.5 Å². The van der Waals surface area contributed by atoms with Gasteiger partial charge in [0.25, 0.3) is 0 Å². The van der Waals surface area contributed by atoms with Crippen LogP contribution in [0.3, 0.4) is 0 Å². The Morgan fingerprint density at radius 1 is 1.50 bits per heavy atom. The summed E-state index contributed by atoms with van der Waals surface area (Å²) in [5.41, 5.74) is 0.782. The number of aliphatic carboxylic acids is 1. The van der Waals surface area contributed by atoms with E-state index in [9.17, 15) is 9.59 Å². The van der Waals surface area contributed by atoms with E-state index in [1.165, 1.54) is 6.08 Å². The van der Waals surface area contributed by atoms with Crippen molar-refractivity contribution < 1.29 is 14.7 Å². The molecule has 0 unspecified atom stereocenters. The van der Waals surface area contributed by atoms with E-state index in [4.69, 9.17) is 5.11 Å². The predicted octanol–water partition coefficient (Wildman–Crippen LogP) is 0.659. The van der Waals surface area contributed by atoms with E-state index in [2.05, 4.69) is 10.4 Å². The van der Waals surface area contributed by atoms with E-state index < -0.39 is 17.9 Å². The van der Waals surface area contributed by atoms with Crippen LogP contribution < -0.4 is 5.32 Å². The van der Waals surface area contributed by atoms with Gasteiger partial charge in [-0.15, -0.1) is 0 Å². The average Bonchev–Trinajstić information content (AvgIpc) is 2.68. The highest BCUT2D eigenvalue weighted by molar-refractivity contribution is 5.94. The summed E-state index contributed by atoms with van der Waals surface area (Å²) in [5.74, 6) is -1.63. The predicted molar refractivity (Wildman–Crippen MR) is 66.6 cm³/mol. The quantitative estimate of drug-likeness (QED) is 0.753. The van der Waals surface area contributed by atoms with E-state index >= 15 is 0 Å². The van der Waals surface area contributed by atoms with Crippen molar-refractivity contribution in [3.63, 3.8) is 0 Å². The molecule has 0 spiro atoms. The summed E-state index contributed by atoms with van der Waals surface area (Å²) in [6.45, 7) is 3.48. The lowest BCUT2D eigenvalue weighted by Gasteiger charge is -2.16. The largest absolute Gasteiger partial charge is 0.480 e. The van der Waals surface area contributed by atoms with Gasteiger partial charge in [0.15, 0.2) is 0 Å². The lowest BCUT2D eigenvalue weighted by Crippen LogP contribution is -2.43. The average molecular weight is 251 g/mol. The maximum atomic E-state index is 11.6. The summed E-state index contributed by atoms with van der Waals surface area (Å²) >= 11 is 0. The summed E-state index contributed by atoms with van der Waals surface area (Å²) in [7, 11) is 1.77. The van der Waals surface area contributed by atoms with Crippen molar-refractivity contribution in [1.29, 1.82) is 0 Å². The van der Waals surface area contributed by atoms with Crippen LogP contribution in [0.1, 0.15) is 19.4 Å². The number of carbonyl (C=O) groups excluding carboxylic acids is 1. The first-order valence-electron chi connectivity index (χ1n) is 5.60. The minimum atomic E-state index is -1.03. The van der Waals surface area contributed by atoms with Crippen LogP contribution in [0, 0.1) is 5.92 Å². The van der Waals surface area contributed by atoms with Crippen molar-refractivity contribution in [2.45, 2.75) is 19.9 Å². The first-order valence-corrected chi connectivity index (χ1v) is 5.60. The summed E-state index contributed by atoms with van der Waals surface area (Å²) in [4.78, 5) is 22.5. The highest BCUT2D eigenvalue weighted by Crippen LogP contribution is 2.03. The highest BCUT2D eigenvalue weighted by Gasteiger charge is 2.22. The van der Waals surface area contributed by atoms with Gasteiger partial charge < -0.3 is 10.4 Å². The van der Waals surface area contributed by atoms with E-state index in [1.54, 1.807) is 44.0 Å². The van der Waals surface area contributed by atoms with Gasteiger partial charge in [-0.3, -0.25) is 9.48 Å². The van der Waals surface area contributed by atoms with Crippen molar-refractivity contribution >= 4 is 18.0 Å². The minimum Gasteiger partial charge on any atom is -0.480 e. The molecule has 0 fully saturated rings. The molecule has 1 heterocycles. The van der Waals surface area contributed by atoms with Gasteiger partial charge in [-0.25, -0.2) is 4.79 Å². The molecule has 98 valence electrons. The number of nitrogens with one attached hydrogen (secondary N) is 1. The van der Waals surface area contributed by atoms with Gasteiger partial charge >= 0.3 is 5.97 Å². The lowest BCUT2D eigenvalue weighted by molar-refractivity contribution is -0.142. The second-order valence-corrected chi connectivity index (χ2v) is 4.35. The minimum absolute atomic E-state index is 0.168. The molecule has 0 bridgehead atoms. The molecule has 0 aliphatic heterocycles. The van der Waals surface area contributed by atoms with E-state index in [1.807, 2.05) is 0 Å².